The normalized spacial score (nSPS) is 11.8. The lowest BCUT2D eigenvalue weighted by molar-refractivity contribution is 1.32. The second-order valence-corrected chi connectivity index (χ2v) is 17.4. The Bertz CT molecular complexity index is 3670. The second kappa shape index (κ2) is 14.3. The van der Waals surface area contributed by atoms with E-state index in [1.807, 2.05) is 11.3 Å². The molecule has 63 heavy (non-hydrogen) atoms. The smallest absolute Gasteiger partial charge is 0.0647 e. The third-order valence-corrected chi connectivity index (χ3v) is 14.1. The van der Waals surface area contributed by atoms with Crippen molar-refractivity contribution in [2.24, 2.45) is 0 Å². The molecule has 0 spiro atoms. The summed E-state index contributed by atoms with van der Waals surface area (Å²) in [5.74, 6) is 0. The van der Waals surface area contributed by atoms with Gasteiger partial charge in [0.05, 0.1) is 32.1 Å². The molecule has 13 rings (SSSR count). The molecule has 0 fully saturated rings. The first kappa shape index (κ1) is 35.7. The van der Waals surface area contributed by atoms with Gasteiger partial charge in [-0.15, -0.1) is 11.3 Å². The molecule has 1 heterocycles. The van der Waals surface area contributed by atoms with Crippen LogP contribution in [0.15, 0.2) is 231 Å². The summed E-state index contributed by atoms with van der Waals surface area (Å²) in [4.78, 5) is 5.04. The molecule has 0 aliphatic rings. The number of rotatable bonds is 6. The van der Waals surface area contributed by atoms with E-state index < -0.39 is 0 Å². The molecule has 0 unspecified atom stereocenters. The van der Waals surface area contributed by atoms with Crippen LogP contribution in [-0.2, 0) is 0 Å². The van der Waals surface area contributed by atoms with Gasteiger partial charge in [-0.25, -0.2) is 0 Å². The summed E-state index contributed by atoms with van der Waals surface area (Å²) in [7, 11) is 0. The third kappa shape index (κ3) is 5.57. The van der Waals surface area contributed by atoms with Crippen LogP contribution in [0, 0.1) is 0 Å². The maximum Gasteiger partial charge on any atom is 0.0647 e. The standard InChI is InChI=1S/C60H38N2S/c1-3-23-43(24-4-1)61(53-35-39-19-7-11-27-45(39)49-31-15-17-33-51(49)53)55-37-41-21-9-13-29-47(41)57-58-48-30-14-10-22-42(48)38-56(60(58)63-59(55)57)62(44-25-5-2-6-26-44)54-36-40-20-8-12-28-46(40)50-32-16-18-34-52(50)54/h1-38H. The molecule has 0 saturated heterocycles. The lowest BCUT2D eigenvalue weighted by Gasteiger charge is -2.28. The number of fused-ring (bicyclic) bond motifs is 13. The number of thiophene rings is 1. The SMILES string of the molecule is c1ccc(N(c2cc3ccccc3c3ccccc23)c2cc3ccccc3c3c2sc2c(N(c4ccccc4)c4cc5ccccc5c5ccccc45)cc4ccccc4c23)cc1. The Hall–Kier alpha value is -7.98. The predicted octanol–water partition coefficient (Wildman–Crippen LogP) is 17.9. The first-order valence-corrected chi connectivity index (χ1v) is 22.4. The molecule has 0 aliphatic carbocycles. The molecule has 13 aromatic rings. The van der Waals surface area contributed by atoms with E-state index in [-0.39, 0.29) is 0 Å². The Morgan fingerprint density at radius 3 is 0.921 bits per heavy atom. The van der Waals surface area contributed by atoms with Crippen LogP contribution < -0.4 is 9.80 Å². The van der Waals surface area contributed by atoms with Crippen molar-refractivity contribution in [2.45, 2.75) is 0 Å². The van der Waals surface area contributed by atoms with Crippen molar-refractivity contribution in [1.29, 1.82) is 0 Å². The van der Waals surface area contributed by atoms with Gasteiger partial charge in [0.1, 0.15) is 0 Å². The fraction of sp³-hybridized carbons (Fsp3) is 0. The van der Waals surface area contributed by atoms with Crippen LogP contribution in [0.5, 0.6) is 0 Å². The largest absolute Gasteiger partial charge is 0.308 e. The molecule has 0 bridgehead atoms. The van der Waals surface area contributed by atoms with E-state index in [4.69, 9.17) is 0 Å². The highest BCUT2D eigenvalue weighted by molar-refractivity contribution is 7.27. The minimum atomic E-state index is 1.12. The number of benzene rings is 12. The maximum atomic E-state index is 2.52. The Balaban J connectivity index is 1.20. The summed E-state index contributed by atoms with van der Waals surface area (Å²) >= 11 is 1.91. The summed E-state index contributed by atoms with van der Waals surface area (Å²) in [5.41, 5.74) is 6.87. The summed E-state index contributed by atoms with van der Waals surface area (Å²) in [5, 5.41) is 17.4. The highest BCUT2D eigenvalue weighted by atomic mass is 32.1. The number of hydrogen-bond acceptors (Lipinski definition) is 3. The van der Waals surface area contributed by atoms with Crippen molar-refractivity contribution in [2.75, 3.05) is 9.80 Å². The molecule has 0 saturated carbocycles. The maximum absolute atomic E-state index is 2.52. The van der Waals surface area contributed by atoms with Crippen LogP contribution in [0.1, 0.15) is 0 Å². The van der Waals surface area contributed by atoms with Gasteiger partial charge in [-0.05, 0) is 102 Å². The van der Waals surface area contributed by atoms with E-state index in [0.29, 0.717) is 0 Å². The van der Waals surface area contributed by atoms with E-state index >= 15 is 0 Å². The number of para-hydroxylation sites is 2. The topological polar surface area (TPSA) is 6.48 Å². The highest BCUT2D eigenvalue weighted by Gasteiger charge is 2.27. The summed E-state index contributed by atoms with van der Waals surface area (Å²) in [6, 6.07) is 84.8. The fourth-order valence-electron chi connectivity index (χ4n) is 10.2. The molecule has 0 amide bonds. The van der Waals surface area contributed by atoms with Crippen LogP contribution in [0.3, 0.4) is 0 Å². The van der Waals surface area contributed by atoms with Crippen molar-refractivity contribution in [1.82, 2.24) is 0 Å². The lowest BCUT2D eigenvalue weighted by Crippen LogP contribution is -2.11. The quantitative estimate of drug-likeness (QED) is 0.154. The van der Waals surface area contributed by atoms with Gasteiger partial charge in [0.2, 0.25) is 0 Å². The molecule has 3 heteroatoms. The third-order valence-electron chi connectivity index (χ3n) is 12.9. The predicted molar refractivity (Wildman–Crippen MR) is 274 cm³/mol. The van der Waals surface area contributed by atoms with Gasteiger partial charge in [-0.3, -0.25) is 0 Å². The number of anilines is 6. The van der Waals surface area contributed by atoms with E-state index in [2.05, 4.69) is 240 Å². The Labute approximate surface area is 368 Å². The van der Waals surface area contributed by atoms with Gasteiger partial charge < -0.3 is 9.80 Å². The van der Waals surface area contributed by atoms with Crippen molar-refractivity contribution in [3.05, 3.63) is 231 Å². The molecular weight excluding hydrogens is 781 g/mol. The van der Waals surface area contributed by atoms with E-state index in [9.17, 15) is 0 Å². The molecule has 0 radical (unpaired) electrons. The molecule has 2 nitrogen and oxygen atoms in total. The van der Waals surface area contributed by atoms with Crippen molar-refractivity contribution in [3.63, 3.8) is 0 Å². The van der Waals surface area contributed by atoms with Crippen LogP contribution in [0.25, 0.3) is 84.8 Å². The van der Waals surface area contributed by atoms with Gasteiger partial charge in [-0.1, -0.05) is 182 Å². The van der Waals surface area contributed by atoms with Crippen molar-refractivity contribution in [3.8, 4) is 0 Å². The van der Waals surface area contributed by atoms with Crippen LogP contribution in [0.4, 0.5) is 34.1 Å². The Morgan fingerprint density at radius 1 is 0.238 bits per heavy atom. The minimum absolute atomic E-state index is 1.12. The molecule has 1 aromatic heterocycles. The van der Waals surface area contributed by atoms with Gasteiger partial charge >= 0.3 is 0 Å². The monoisotopic (exact) mass is 818 g/mol. The molecule has 12 aromatic carbocycles. The summed E-state index contributed by atoms with van der Waals surface area (Å²) < 4.78 is 2.50. The van der Waals surface area contributed by atoms with Crippen LogP contribution in [0.2, 0.25) is 0 Å². The first-order chi connectivity index (χ1) is 31.3. The Morgan fingerprint density at radius 2 is 0.524 bits per heavy atom. The van der Waals surface area contributed by atoms with E-state index in [0.717, 1.165) is 34.1 Å². The molecule has 294 valence electrons. The minimum Gasteiger partial charge on any atom is -0.308 e. The second-order valence-electron chi connectivity index (χ2n) is 16.4. The molecule has 0 aliphatic heterocycles. The fourth-order valence-corrected chi connectivity index (χ4v) is 11.5. The zero-order valence-electron chi connectivity index (χ0n) is 34.2. The summed E-state index contributed by atoms with van der Waals surface area (Å²) in [6.45, 7) is 0. The average molecular weight is 819 g/mol. The Kier molecular flexibility index (Phi) is 8.12. The summed E-state index contributed by atoms with van der Waals surface area (Å²) in [6.07, 6.45) is 0. The van der Waals surface area contributed by atoms with Gasteiger partial charge in [0.25, 0.3) is 0 Å². The van der Waals surface area contributed by atoms with Gasteiger partial charge in [0, 0.05) is 32.9 Å². The molecule has 0 N–H and O–H groups in total. The van der Waals surface area contributed by atoms with Crippen LogP contribution in [-0.4, -0.2) is 0 Å². The number of hydrogen-bond donors (Lipinski definition) is 0. The van der Waals surface area contributed by atoms with Gasteiger partial charge in [-0.2, -0.15) is 0 Å². The van der Waals surface area contributed by atoms with Crippen molar-refractivity contribution >= 4 is 130 Å². The zero-order chi connectivity index (χ0) is 41.4. The van der Waals surface area contributed by atoms with Crippen LogP contribution >= 0.6 is 11.3 Å². The number of nitrogens with zero attached hydrogens (tertiary/aromatic N) is 2. The molecular formula is C60H38N2S. The zero-order valence-corrected chi connectivity index (χ0v) is 35.1. The van der Waals surface area contributed by atoms with Gasteiger partial charge in [0.15, 0.2) is 0 Å². The molecule has 0 atom stereocenters. The lowest BCUT2D eigenvalue weighted by atomic mass is 9.96. The highest BCUT2D eigenvalue weighted by Crippen LogP contribution is 2.55. The first-order valence-electron chi connectivity index (χ1n) is 21.6. The van der Waals surface area contributed by atoms with E-state index in [1.54, 1.807) is 0 Å². The average Bonchev–Trinajstić information content (AvgIpc) is 3.77. The van der Waals surface area contributed by atoms with E-state index in [1.165, 1.54) is 84.8 Å². The van der Waals surface area contributed by atoms with Crippen molar-refractivity contribution < 1.29 is 0 Å².